The van der Waals surface area contributed by atoms with Crippen LogP contribution in [0, 0.1) is 0 Å². The number of hydrogen-bond donors (Lipinski definition) is 0. The van der Waals surface area contributed by atoms with E-state index in [-0.39, 0.29) is 5.91 Å². The fourth-order valence-corrected chi connectivity index (χ4v) is 2.78. The Morgan fingerprint density at radius 2 is 1.55 bits per heavy atom. The van der Waals surface area contributed by atoms with Gasteiger partial charge < -0.3 is 19.1 Å². The van der Waals surface area contributed by atoms with Gasteiger partial charge in [0, 0.05) is 20.3 Å². The molecule has 0 radical (unpaired) electrons. The number of rotatable bonds is 10. The van der Waals surface area contributed by atoms with E-state index in [4.69, 9.17) is 26.0 Å². The van der Waals surface area contributed by atoms with E-state index in [0.29, 0.717) is 39.6 Å². The zero-order valence-corrected chi connectivity index (χ0v) is 15.1. The summed E-state index contributed by atoms with van der Waals surface area (Å²) >= 11 is 6.32. The predicted molar refractivity (Wildman–Crippen MR) is 85.7 cm³/mol. The third kappa shape index (κ3) is 4.55. The summed E-state index contributed by atoms with van der Waals surface area (Å²) in [6, 6.07) is 0. The Bertz CT molecular complexity index is 363. The van der Waals surface area contributed by atoms with Gasteiger partial charge in [-0.05, 0) is 45.9 Å². The van der Waals surface area contributed by atoms with Gasteiger partial charge in [-0.1, -0.05) is 0 Å². The number of hydrogen-bond acceptors (Lipinski definition) is 5. The van der Waals surface area contributed by atoms with Crippen LogP contribution >= 0.6 is 11.8 Å². The summed E-state index contributed by atoms with van der Waals surface area (Å²) in [5, 5.41) is 0. The van der Waals surface area contributed by atoms with Crippen molar-refractivity contribution in [2.24, 2.45) is 0 Å². The van der Waals surface area contributed by atoms with Crippen molar-refractivity contribution in [3.8, 4) is 0 Å². The van der Waals surface area contributed by atoms with Crippen molar-refractivity contribution < 1.29 is 19.0 Å². The number of carbonyl (C=O) groups is 1. The second-order valence-corrected chi connectivity index (χ2v) is 6.70. The fourth-order valence-electron chi connectivity index (χ4n) is 2.62. The van der Waals surface area contributed by atoms with Crippen molar-refractivity contribution in [1.29, 1.82) is 0 Å². The highest BCUT2D eigenvalue weighted by Gasteiger charge is 2.55. The number of ether oxygens (including phenoxy) is 3. The molecular formula is C15H29ClN2O4. The molecule has 1 heterocycles. The van der Waals surface area contributed by atoms with Gasteiger partial charge in [0.25, 0.3) is 0 Å². The van der Waals surface area contributed by atoms with Crippen LogP contribution in [0.4, 0.5) is 0 Å². The average Bonchev–Trinajstić information content (AvgIpc) is 2.57. The van der Waals surface area contributed by atoms with Crippen molar-refractivity contribution >= 4 is 17.7 Å². The smallest absolute Gasteiger partial charge is 0.245 e. The van der Waals surface area contributed by atoms with E-state index in [9.17, 15) is 4.79 Å². The molecule has 0 aromatic heterocycles. The molecule has 0 N–H and O–H groups in total. The molecule has 0 unspecified atom stereocenters. The van der Waals surface area contributed by atoms with Crippen LogP contribution in [0.2, 0.25) is 0 Å². The molecule has 22 heavy (non-hydrogen) atoms. The summed E-state index contributed by atoms with van der Waals surface area (Å²) < 4.78 is 17.3. The molecule has 0 aromatic rings. The molecule has 0 bridgehead atoms. The maximum atomic E-state index is 12.4. The highest BCUT2D eigenvalue weighted by atomic mass is 35.5. The maximum absolute atomic E-state index is 12.4. The van der Waals surface area contributed by atoms with Crippen molar-refractivity contribution in [1.82, 2.24) is 9.32 Å². The lowest BCUT2D eigenvalue weighted by molar-refractivity contribution is -0.133. The van der Waals surface area contributed by atoms with Crippen LogP contribution in [0.15, 0.2) is 0 Å². The van der Waals surface area contributed by atoms with E-state index in [2.05, 4.69) is 0 Å². The summed E-state index contributed by atoms with van der Waals surface area (Å²) in [5.41, 5.74) is -1.17. The highest BCUT2D eigenvalue weighted by Crippen LogP contribution is 2.39. The third-order valence-corrected chi connectivity index (χ3v) is 4.71. The van der Waals surface area contributed by atoms with Gasteiger partial charge in [-0.2, -0.15) is 4.42 Å². The molecule has 1 fully saturated rings. The average molecular weight is 337 g/mol. The maximum Gasteiger partial charge on any atom is 0.245 e. The lowest BCUT2D eigenvalue weighted by Gasteiger charge is -2.35. The molecule has 0 aliphatic carbocycles. The van der Waals surface area contributed by atoms with Gasteiger partial charge >= 0.3 is 0 Å². The van der Waals surface area contributed by atoms with Gasteiger partial charge in [0.2, 0.25) is 5.91 Å². The van der Waals surface area contributed by atoms with Crippen molar-refractivity contribution in [3.63, 3.8) is 0 Å². The minimum Gasteiger partial charge on any atom is -0.382 e. The number of methoxy groups -OCH3 is 1. The minimum atomic E-state index is -0.679. The van der Waals surface area contributed by atoms with E-state index >= 15 is 0 Å². The second-order valence-electron chi connectivity index (χ2n) is 6.36. The molecule has 0 saturated carbocycles. The van der Waals surface area contributed by atoms with Gasteiger partial charge in [-0.15, -0.1) is 0 Å². The molecule has 1 saturated heterocycles. The van der Waals surface area contributed by atoms with Crippen LogP contribution < -0.4 is 0 Å². The van der Waals surface area contributed by atoms with Crippen LogP contribution in [-0.2, 0) is 19.0 Å². The van der Waals surface area contributed by atoms with Gasteiger partial charge in [-0.3, -0.25) is 4.79 Å². The van der Waals surface area contributed by atoms with E-state index in [1.807, 2.05) is 32.6 Å². The first-order valence-corrected chi connectivity index (χ1v) is 8.02. The number of amides is 1. The van der Waals surface area contributed by atoms with Crippen LogP contribution in [-0.4, -0.2) is 73.1 Å². The standard InChI is InChI=1S/C15H29ClN2O4/c1-14(2)13(19)17(15(3,4)18(14)16)7-6-8-21-11-12-22-10-9-20-5/h6-12H2,1-5H3. The Morgan fingerprint density at radius 1 is 1.00 bits per heavy atom. The monoisotopic (exact) mass is 336 g/mol. The predicted octanol–water partition coefficient (Wildman–Crippen LogP) is 1.87. The number of nitrogens with zero attached hydrogens (tertiary/aromatic N) is 2. The second kappa shape index (κ2) is 8.45. The molecule has 130 valence electrons. The van der Waals surface area contributed by atoms with E-state index in [0.717, 1.165) is 6.42 Å². The molecule has 0 spiro atoms. The van der Waals surface area contributed by atoms with Crippen LogP contribution in [0.1, 0.15) is 34.1 Å². The number of halogens is 1. The third-order valence-electron chi connectivity index (χ3n) is 3.87. The first-order valence-electron chi connectivity index (χ1n) is 7.69. The van der Waals surface area contributed by atoms with Gasteiger partial charge in [0.15, 0.2) is 0 Å². The molecule has 1 rings (SSSR count). The van der Waals surface area contributed by atoms with Crippen molar-refractivity contribution in [2.75, 3.05) is 46.7 Å². The largest absolute Gasteiger partial charge is 0.382 e. The normalized spacial score (nSPS) is 20.8. The Morgan fingerprint density at radius 3 is 2.05 bits per heavy atom. The first-order chi connectivity index (χ1) is 10.3. The summed E-state index contributed by atoms with van der Waals surface area (Å²) in [4.78, 5) is 14.3. The highest BCUT2D eigenvalue weighted by molar-refractivity contribution is 6.17. The quantitative estimate of drug-likeness (QED) is 0.450. The van der Waals surface area contributed by atoms with Crippen molar-refractivity contribution in [3.05, 3.63) is 0 Å². The van der Waals surface area contributed by atoms with Crippen molar-refractivity contribution in [2.45, 2.75) is 45.3 Å². The summed E-state index contributed by atoms with van der Waals surface area (Å²) in [6.45, 7) is 11.1. The summed E-state index contributed by atoms with van der Waals surface area (Å²) in [5.74, 6) is 0.0513. The van der Waals surface area contributed by atoms with Gasteiger partial charge in [-0.25, -0.2) is 0 Å². The Labute approximate surface area is 138 Å². The molecular weight excluding hydrogens is 308 g/mol. The number of carbonyl (C=O) groups excluding carboxylic acids is 1. The van der Waals surface area contributed by atoms with Crippen LogP contribution in [0.5, 0.6) is 0 Å². The van der Waals surface area contributed by atoms with E-state index < -0.39 is 11.2 Å². The zero-order chi connectivity index (χ0) is 16.8. The Hall–Kier alpha value is -0.400. The summed E-state index contributed by atoms with van der Waals surface area (Å²) in [6.07, 6.45) is 0.772. The molecule has 6 nitrogen and oxygen atoms in total. The van der Waals surface area contributed by atoms with E-state index in [1.54, 1.807) is 11.5 Å². The lowest BCUT2D eigenvalue weighted by atomic mass is 10.1. The Balaban J connectivity index is 2.23. The SMILES string of the molecule is COCCOCCOCCCN1C(=O)C(C)(C)N(Cl)C1(C)C. The first kappa shape index (κ1) is 19.6. The molecule has 1 aliphatic rings. The molecule has 1 amide bonds. The van der Waals surface area contributed by atoms with Crippen LogP contribution in [0.25, 0.3) is 0 Å². The molecule has 1 aliphatic heterocycles. The van der Waals surface area contributed by atoms with Gasteiger partial charge in [0.1, 0.15) is 11.2 Å². The lowest BCUT2D eigenvalue weighted by Crippen LogP contribution is -2.47. The zero-order valence-electron chi connectivity index (χ0n) is 14.4. The van der Waals surface area contributed by atoms with Crippen LogP contribution in [0.3, 0.4) is 0 Å². The minimum absolute atomic E-state index is 0.0513. The Kier molecular flexibility index (Phi) is 7.55. The van der Waals surface area contributed by atoms with Gasteiger partial charge in [0.05, 0.1) is 26.4 Å². The fraction of sp³-hybridized carbons (Fsp3) is 0.933. The summed E-state index contributed by atoms with van der Waals surface area (Å²) in [7, 11) is 1.64. The van der Waals surface area contributed by atoms with E-state index in [1.165, 1.54) is 0 Å². The molecule has 0 aromatic carbocycles. The molecule has 7 heteroatoms. The molecule has 0 atom stereocenters. The topological polar surface area (TPSA) is 51.2 Å².